The van der Waals surface area contributed by atoms with Gasteiger partial charge in [-0.2, -0.15) is 4.98 Å². The molecular formula is C12H20N2O6Si. The standard InChI is InChI=1S/C12H20N2O6Si/c1-21(2,3)20-8-4-5-14(12(18)13-8)11-10(17)9(16)7(6-15)19-11/h4-5,7,9-11,15-17H,6H2,1-3H3/t7-,9-,10-,11-/m1/s1. The summed E-state index contributed by atoms with van der Waals surface area (Å²) in [6.45, 7) is 5.44. The van der Waals surface area contributed by atoms with Crippen LogP contribution in [0.5, 0.6) is 5.88 Å². The summed E-state index contributed by atoms with van der Waals surface area (Å²) < 4.78 is 12.0. The van der Waals surface area contributed by atoms with Crippen LogP contribution in [0.4, 0.5) is 0 Å². The molecule has 0 saturated carbocycles. The second kappa shape index (κ2) is 5.85. The highest BCUT2D eigenvalue weighted by molar-refractivity contribution is 6.70. The van der Waals surface area contributed by atoms with E-state index in [1.165, 1.54) is 12.3 Å². The van der Waals surface area contributed by atoms with Gasteiger partial charge in [0.25, 0.3) is 0 Å². The zero-order chi connectivity index (χ0) is 15.8. The van der Waals surface area contributed by atoms with Crippen molar-refractivity contribution < 1.29 is 24.5 Å². The quantitative estimate of drug-likeness (QED) is 0.615. The Morgan fingerprint density at radius 2 is 2.05 bits per heavy atom. The number of nitrogens with zero attached hydrogens (tertiary/aromatic N) is 2. The summed E-state index contributed by atoms with van der Waals surface area (Å²) in [5.41, 5.74) is -0.652. The predicted molar refractivity (Wildman–Crippen MR) is 75.5 cm³/mol. The van der Waals surface area contributed by atoms with Crippen molar-refractivity contribution in [1.82, 2.24) is 9.55 Å². The molecule has 0 spiro atoms. The molecule has 0 aliphatic carbocycles. The van der Waals surface area contributed by atoms with Crippen molar-refractivity contribution in [2.24, 2.45) is 0 Å². The fourth-order valence-corrected chi connectivity index (χ4v) is 2.81. The van der Waals surface area contributed by atoms with Gasteiger partial charge in [-0.15, -0.1) is 0 Å². The van der Waals surface area contributed by atoms with Gasteiger partial charge in [0.2, 0.25) is 14.2 Å². The lowest BCUT2D eigenvalue weighted by atomic mass is 10.1. The number of rotatable bonds is 4. The van der Waals surface area contributed by atoms with Gasteiger partial charge >= 0.3 is 5.69 Å². The van der Waals surface area contributed by atoms with Crippen molar-refractivity contribution >= 4 is 8.32 Å². The molecule has 0 radical (unpaired) electrons. The van der Waals surface area contributed by atoms with E-state index in [1.54, 1.807) is 0 Å². The molecule has 1 aromatic rings. The van der Waals surface area contributed by atoms with Crippen molar-refractivity contribution in [3.05, 3.63) is 22.7 Å². The Bertz CT molecular complexity index is 557. The normalized spacial score (nSPS) is 29.6. The Morgan fingerprint density at radius 1 is 1.38 bits per heavy atom. The summed E-state index contributed by atoms with van der Waals surface area (Å²) in [6.07, 6.45) is -3.20. The third-order valence-electron chi connectivity index (χ3n) is 3.01. The first-order valence-electron chi connectivity index (χ1n) is 6.63. The van der Waals surface area contributed by atoms with Gasteiger partial charge in [-0.25, -0.2) is 4.79 Å². The molecule has 21 heavy (non-hydrogen) atoms. The fraction of sp³-hybridized carbons (Fsp3) is 0.667. The van der Waals surface area contributed by atoms with Crippen LogP contribution in [0.1, 0.15) is 6.23 Å². The lowest BCUT2D eigenvalue weighted by molar-refractivity contribution is -0.0550. The van der Waals surface area contributed by atoms with Gasteiger partial charge in [-0.05, 0) is 19.6 Å². The van der Waals surface area contributed by atoms with E-state index in [-0.39, 0.29) is 5.88 Å². The Hall–Kier alpha value is -1.26. The number of aromatic nitrogens is 2. The van der Waals surface area contributed by atoms with Gasteiger partial charge in [0.05, 0.1) is 6.61 Å². The van der Waals surface area contributed by atoms with Crippen molar-refractivity contribution in [2.75, 3.05) is 6.61 Å². The second-order valence-electron chi connectivity index (χ2n) is 5.90. The highest BCUT2D eigenvalue weighted by Crippen LogP contribution is 2.28. The minimum Gasteiger partial charge on any atom is -0.531 e. The minimum absolute atomic E-state index is 0.224. The molecule has 4 atom stereocenters. The van der Waals surface area contributed by atoms with E-state index in [0.29, 0.717) is 0 Å². The number of hydrogen-bond acceptors (Lipinski definition) is 7. The van der Waals surface area contributed by atoms with Gasteiger partial charge < -0.3 is 24.5 Å². The van der Waals surface area contributed by atoms with Crippen LogP contribution in [0.15, 0.2) is 17.1 Å². The molecule has 1 aromatic heterocycles. The van der Waals surface area contributed by atoms with Crippen molar-refractivity contribution in [3.8, 4) is 5.88 Å². The Morgan fingerprint density at radius 3 is 2.52 bits per heavy atom. The van der Waals surface area contributed by atoms with Crippen LogP contribution in [0.25, 0.3) is 0 Å². The highest BCUT2D eigenvalue weighted by Gasteiger charge is 2.43. The van der Waals surface area contributed by atoms with Crippen LogP contribution in [0, 0.1) is 0 Å². The molecule has 0 unspecified atom stereocenters. The molecule has 2 heterocycles. The van der Waals surface area contributed by atoms with Crippen molar-refractivity contribution in [1.29, 1.82) is 0 Å². The third-order valence-corrected chi connectivity index (χ3v) is 3.83. The van der Waals surface area contributed by atoms with Crippen LogP contribution in [-0.2, 0) is 4.74 Å². The van der Waals surface area contributed by atoms with E-state index >= 15 is 0 Å². The van der Waals surface area contributed by atoms with E-state index in [1.807, 2.05) is 19.6 Å². The van der Waals surface area contributed by atoms with E-state index in [9.17, 15) is 15.0 Å². The molecular weight excluding hydrogens is 296 g/mol. The molecule has 8 nitrogen and oxygen atoms in total. The van der Waals surface area contributed by atoms with Crippen LogP contribution < -0.4 is 10.1 Å². The maximum Gasteiger partial charge on any atom is 0.353 e. The highest BCUT2D eigenvalue weighted by atomic mass is 28.4. The molecule has 0 bridgehead atoms. The maximum absolute atomic E-state index is 12.0. The van der Waals surface area contributed by atoms with Crippen LogP contribution in [0.3, 0.4) is 0 Å². The molecule has 2 rings (SSSR count). The van der Waals surface area contributed by atoms with Gasteiger partial charge in [-0.3, -0.25) is 4.57 Å². The van der Waals surface area contributed by atoms with Crippen LogP contribution in [0.2, 0.25) is 19.6 Å². The average molecular weight is 316 g/mol. The minimum atomic E-state index is -1.88. The molecule has 9 heteroatoms. The molecule has 1 fully saturated rings. The van der Waals surface area contributed by atoms with E-state index in [2.05, 4.69) is 4.98 Å². The molecule has 1 saturated heterocycles. The smallest absolute Gasteiger partial charge is 0.353 e. The monoisotopic (exact) mass is 316 g/mol. The molecule has 0 amide bonds. The topological polar surface area (TPSA) is 114 Å². The SMILES string of the molecule is C[Si](C)(C)Oc1ccn([C@@H]2O[C@H](CO)[C@@H](O)[C@H]2O)c(=O)n1. The first-order valence-corrected chi connectivity index (χ1v) is 10.0. The molecule has 0 aromatic carbocycles. The lowest BCUT2D eigenvalue weighted by Crippen LogP contribution is -2.36. The number of hydrogen-bond donors (Lipinski definition) is 3. The summed E-state index contributed by atoms with van der Waals surface area (Å²) >= 11 is 0. The first kappa shape index (κ1) is 16.1. The van der Waals surface area contributed by atoms with E-state index in [0.717, 1.165) is 4.57 Å². The van der Waals surface area contributed by atoms with Gasteiger partial charge in [0, 0.05) is 12.3 Å². The van der Waals surface area contributed by atoms with Gasteiger partial charge in [0.15, 0.2) is 6.23 Å². The Labute approximate surface area is 122 Å². The average Bonchev–Trinajstić information content (AvgIpc) is 2.65. The largest absolute Gasteiger partial charge is 0.531 e. The summed E-state index contributed by atoms with van der Waals surface area (Å²) in [4.78, 5) is 15.8. The summed E-state index contributed by atoms with van der Waals surface area (Å²) in [6, 6.07) is 1.51. The lowest BCUT2D eigenvalue weighted by Gasteiger charge is -2.20. The van der Waals surface area contributed by atoms with E-state index in [4.69, 9.17) is 14.3 Å². The zero-order valence-corrected chi connectivity index (χ0v) is 13.1. The van der Waals surface area contributed by atoms with Crippen molar-refractivity contribution in [2.45, 2.75) is 44.2 Å². The van der Waals surface area contributed by atoms with Crippen LogP contribution >= 0.6 is 0 Å². The first-order chi connectivity index (χ1) is 9.73. The van der Waals surface area contributed by atoms with Gasteiger partial charge in [0.1, 0.15) is 18.3 Å². The van der Waals surface area contributed by atoms with Gasteiger partial charge in [-0.1, -0.05) is 0 Å². The summed E-state index contributed by atoms with van der Waals surface area (Å²) in [5.74, 6) is 0.224. The maximum atomic E-state index is 12.0. The molecule has 1 aliphatic rings. The Balaban J connectivity index is 2.24. The molecule has 3 N–H and O–H groups in total. The number of ether oxygens (including phenoxy) is 1. The predicted octanol–water partition coefficient (Wildman–Crippen LogP) is -0.932. The second-order valence-corrected chi connectivity index (χ2v) is 10.3. The summed E-state index contributed by atoms with van der Waals surface area (Å²) in [7, 11) is -1.88. The third kappa shape index (κ3) is 3.50. The van der Waals surface area contributed by atoms with Crippen molar-refractivity contribution in [3.63, 3.8) is 0 Å². The fourth-order valence-electron chi connectivity index (χ4n) is 2.07. The molecule has 1 aliphatic heterocycles. The molecule has 118 valence electrons. The number of aliphatic hydroxyl groups is 3. The van der Waals surface area contributed by atoms with E-state index < -0.39 is 45.2 Å². The van der Waals surface area contributed by atoms with Crippen LogP contribution in [-0.4, -0.2) is 58.1 Å². The Kier molecular flexibility index (Phi) is 4.49. The zero-order valence-electron chi connectivity index (χ0n) is 12.1. The summed E-state index contributed by atoms with van der Waals surface area (Å²) in [5, 5.41) is 28.6. The number of aliphatic hydroxyl groups excluding tert-OH is 3.